The van der Waals surface area contributed by atoms with Crippen LogP contribution in [0.2, 0.25) is 0 Å². The van der Waals surface area contributed by atoms with Crippen LogP contribution < -0.4 is 15.6 Å². The normalized spacial score (nSPS) is 9.20. The third kappa shape index (κ3) is 1.22. The van der Waals surface area contributed by atoms with Crippen LogP contribution >= 0.6 is 0 Å². The first-order valence-corrected chi connectivity index (χ1v) is 2.68. The lowest BCUT2D eigenvalue weighted by atomic mass is 10.3. The van der Waals surface area contributed by atoms with Crippen molar-refractivity contribution in [2.45, 2.75) is 0 Å². The zero-order valence-electron chi connectivity index (χ0n) is 5.15. The number of nitrogens with zero attached hydrogens (tertiary/aromatic N) is 1. The number of carbonyl (C=O) groups excluding carboxylic acids is 1. The molecule has 0 aliphatic carbocycles. The first kappa shape index (κ1) is 6.54. The van der Waals surface area contributed by atoms with Crippen LogP contribution in [0.5, 0.6) is 0 Å². The molecule has 4 heteroatoms. The summed E-state index contributed by atoms with van der Waals surface area (Å²) in [6.45, 7) is 0. The van der Waals surface area contributed by atoms with Gasteiger partial charge < -0.3 is 9.90 Å². The first-order chi connectivity index (χ1) is 4.70. The second-order valence-corrected chi connectivity index (χ2v) is 1.82. The Morgan fingerprint density at radius 1 is 1.50 bits per heavy atom. The molecule has 0 amide bonds. The third-order valence-corrected chi connectivity index (χ3v) is 1.09. The molecule has 0 aliphatic heterocycles. The Balaban J connectivity index is 3.00. The maximum atomic E-state index is 10.2. The van der Waals surface area contributed by atoms with E-state index >= 15 is 0 Å². The van der Waals surface area contributed by atoms with Crippen LogP contribution in [0, 0.1) is 0 Å². The number of rotatable bonds is 1. The minimum atomic E-state index is -1.19. The number of carboxylic acids is 1. The minimum absolute atomic E-state index is 0.127. The lowest BCUT2D eigenvalue weighted by Gasteiger charge is -1.96. The van der Waals surface area contributed by atoms with Crippen molar-refractivity contribution in [2.75, 3.05) is 5.84 Å². The molecule has 1 aromatic rings. The Kier molecular flexibility index (Phi) is 1.53. The number of hydrogen-bond acceptors (Lipinski definition) is 3. The maximum absolute atomic E-state index is 10.2. The molecule has 2 N–H and O–H groups in total. The van der Waals surface area contributed by atoms with Crippen LogP contribution in [-0.2, 0) is 0 Å². The van der Waals surface area contributed by atoms with Gasteiger partial charge in [0.05, 0.1) is 5.97 Å². The molecule has 0 unspecified atom stereocenters. The van der Waals surface area contributed by atoms with E-state index < -0.39 is 5.97 Å². The van der Waals surface area contributed by atoms with E-state index in [0.29, 0.717) is 0 Å². The van der Waals surface area contributed by atoms with Gasteiger partial charge in [-0.15, -0.1) is 0 Å². The molecule has 0 spiro atoms. The van der Waals surface area contributed by atoms with Crippen LogP contribution in [0.25, 0.3) is 0 Å². The number of nitrogens with two attached hydrogens (primary N) is 1. The molecular weight excluding hydrogens is 132 g/mol. The second-order valence-electron chi connectivity index (χ2n) is 1.82. The molecule has 0 aromatic carbocycles. The molecule has 0 fully saturated rings. The van der Waals surface area contributed by atoms with Crippen molar-refractivity contribution in [3.8, 4) is 0 Å². The molecule has 0 radical (unpaired) electrons. The Morgan fingerprint density at radius 2 is 2.00 bits per heavy atom. The van der Waals surface area contributed by atoms with Gasteiger partial charge in [0.25, 0.3) is 0 Å². The SMILES string of the molecule is N[n+]1ccc(C(=O)[O-])cc1. The number of aromatic carboxylic acids is 1. The monoisotopic (exact) mass is 138 g/mol. The molecule has 1 heterocycles. The minimum Gasteiger partial charge on any atom is -0.545 e. The van der Waals surface area contributed by atoms with Gasteiger partial charge in [-0.1, -0.05) is 4.68 Å². The zero-order valence-corrected chi connectivity index (χ0v) is 5.15. The van der Waals surface area contributed by atoms with E-state index in [4.69, 9.17) is 5.84 Å². The predicted molar refractivity (Wildman–Crippen MR) is 31.1 cm³/mol. The van der Waals surface area contributed by atoms with Crippen LogP contribution in [-0.4, -0.2) is 5.97 Å². The van der Waals surface area contributed by atoms with Crippen LogP contribution in [0.15, 0.2) is 24.5 Å². The maximum Gasteiger partial charge on any atom is 0.199 e. The molecule has 0 aliphatic rings. The molecule has 1 rings (SSSR count). The zero-order chi connectivity index (χ0) is 7.56. The Morgan fingerprint density at radius 3 is 2.40 bits per heavy atom. The highest BCUT2D eigenvalue weighted by Crippen LogP contribution is 1.89. The van der Waals surface area contributed by atoms with Crippen molar-refractivity contribution < 1.29 is 14.6 Å². The lowest BCUT2D eigenvalue weighted by Crippen LogP contribution is -2.43. The quantitative estimate of drug-likeness (QED) is 0.362. The van der Waals surface area contributed by atoms with E-state index in [1.165, 1.54) is 29.2 Å². The summed E-state index contributed by atoms with van der Waals surface area (Å²) in [5.41, 5.74) is 0.127. The summed E-state index contributed by atoms with van der Waals surface area (Å²) >= 11 is 0. The van der Waals surface area contributed by atoms with Gasteiger partial charge in [-0.25, -0.2) is 5.84 Å². The molecule has 0 saturated carbocycles. The van der Waals surface area contributed by atoms with Gasteiger partial charge in [-0.2, -0.15) is 0 Å². The molecule has 0 atom stereocenters. The van der Waals surface area contributed by atoms with Gasteiger partial charge in [0.1, 0.15) is 0 Å². The van der Waals surface area contributed by atoms with Gasteiger partial charge in [-0.3, -0.25) is 0 Å². The van der Waals surface area contributed by atoms with E-state index in [0.717, 1.165) is 0 Å². The average molecular weight is 138 g/mol. The molecule has 4 nitrogen and oxygen atoms in total. The number of carboxylic acid groups (broad SMARTS) is 1. The molecule has 1 aromatic heterocycles. The van der Waals surface area contributed by atoms with Crippen LogP contribution in [0.1, 0.15) is 10.4 Å². The number of carbonyl (C=O) groups is 1. The Labute approximate surface area is 57.5 Å². The lowest BCUT2D eigenvalue weighted by molar-refractivity contribution is -0.639. The summed E-state index contributed by atoms with van der Waals surface area (Å²) in [5.74, 6) is 4.04. The van der Waals surface area contributed by atoms with Crippen molar-refractivity contribution in [3.63, 3.8) is 0 Å². The molecule has 10 heavy (non-hydrogen) atoms. The summed E-state index contributed by atoms with van der Waals surface area (Å²) in [6, 6.07) is 2.74. The number of hydrogen-bond donors (Lipinski definition) is 1. The fraction of sp³-hybridized carbons (Fsp3) is 0. The van der Waals surface area contributed by atoms with E-state index in [1.807, 2.05) is 0 Å². The van der Waals surface area contributed by atoms with E-state index in [2.05, 4.69) is 0 Å². The smallest absolute Gasteiger partial charge is 0.199 e. The fourth-order valence-corrected chi connectivity index (χ4v) is 0.574. The highest BCUT2D eigenvalue weighted by Gasteiger charge is 1.94. The van der Waals surface area contributed by atoms with Crippen LogP contribution in [0.4, 0.5) is 0 Å². The highest BCUT2D eigenvalue weighted by molar-refractivity contribution is 5.85. The van der Waals surface area contributed by atoms with Crippen LogP contribution in [0.3, 0.4) is 0 Å². The number of pyridine rings is 1. The van der Waals surface area contributed by atoms with Gasteiger partial charge in [0.15, 0.2) is 12.4 Å². The van der Waals surface area contributed by atoms with E-state index in [1.54, 1.807) is 0 Å². The van der Waals surface area contributed by atoms with Crippen molar-refractivity contribution in [1.29, 1.82) is 0 Å². The summed E-state index contributed by atoms with van der Waals surface area (Å²) in [6.07, 6.45) is 2.87. The molecule has 0 saturated heterocycles. The first-order valence-electron chi connectivity index (χ1n) is 2.68. The van der Waals surface area contributed by atoms with Gasteiger partial charge in [0.2, 0.25) is 0 Å². The van der Waals surface area contributed by atoms with Gasteiger partial charge in [-0.05, 0) is 0 Å². The van der Waals surface area contributed by atoms with Crippen molar-refractivity contribution in [3.05, 3.63) is 30.1 Å². The molecular formula is C6H6N2O2. The Hall–Kier alpha value is -1.58. The second kappa shape index (κ2) is 2.34. The van der Waals surface area contributed by atoms with Gasteiger partial charge in [0, 0.05) is 17.7 Å². The summed E-state index contributed by atoms with van der Waals surface area (Å²) < 4.78 is 1.26. The molecule has 52 valence electrons. The van der Waals surface area contributed by atoms with E-state index in [9.17, 15) is 9.90 Å². The number of aromatic nitrogens is 1. The fourth-order valence-electron chi connectivity index (χ4n) is 0.574. The third-order valence-electron chi connectivity index (χ3n) is 1.09. The Bertz CT molecular complexity index is 242. The molecule has 0 bridgehead atoms. The average Bonchev–Trinajstić information content (AvgIpc) is 1.88. The summed E-state index contributed by atoms with van der Waals surface area (Å²) in [5, 5.41) is 10.2. The highest BCUT2D eigenvalue weighted by atomic mass is 16.4. The van der Waals surface area contributed by atoms with Gasteiger partial charge >= 0.3 is 0 Å². The summed E-state index contributed by atoms with van der Waals surface area (Å²) in [7, 11) is 0. The summed E-state index contributed by atoms with van der Waals surface area (Å²) in [4.78, 5) is 10.2. The standard InChI is InChI=1S/C6H6N2O2/c7-8-3-1-5(2-4-8)6(9)10/h1-4H,7H2. The largest absolute Gasteiger partial charge is 0.545 e. The topological polar surface area (TPSA) is 70.0 Å². The predicted octanol–water partition coefficient (Wildman–Crippen LogP) is -1.95. The van der Waals surface area contributed by atoms with Crippen molar-refractivity contribution in [1.82, 2.24) is 0 Å². The number of nitrogen functional groups attached to an aromatic ring is 1. The van der Waals surface area contributed by atoms with Crippen molar-refractivity contribution in [2.24, 2.45) is 0 Å². The van der Waals surface area contributed by atoms with Crippen molar-refractivity contribution >= 4 is 5.97 Å². The van der Waals surface area contributed by atoms with E-state index in [-0.39, 0.29) is 5.56 Å².